The van der Waals surface area contributed by atoms with Crippen molar-refractivity contribution in [1.29, 1.82) is 0 Å². The van der Waals surface area contributed by atoms with E-state index in [1.54, 1.807) is 29.1 Å². The lowest BCUT2D eigenvalue weighted by atomic mass is 9.75. The molecule has 0 unspecified atom stereocenters. The number of pyridine rings is 1. The maximum atomic E-state index is 12.3. The van der Waals surface area contributed by atoms with Gasteiger partial charge in [0.15, 0.2) is 12.4 Å². The molecule has 1 heterocycles. The maximum absolute atomic E-state index is 12.3. The number of esters is 1. The van der Waals surface area contributed by atoms with Crippen LogP contribution in [0.5, 0.6) is 0 Å². The average molecular weight is 319 g/mol. The summed E-state index contributed by atoms with van der Waals surface area (Å²) in [6, 6.07) is 3.33. The van der Waals surface area contributed by atoms with Gasteiger partial charge in [-0.3, -0.25) is 4.79 Å². The van der Waals surface area contributed by atoms with E-state index in [-0.39, 0.29) is 18.6 Å². The van der Waals surface area contributed by atoms with Crippen LogP contribution in [0.2, 0.25) is 0 Å². The summed E-state index contributed by atoms with van der Waals surface area (Å²) in [4.78, 5) is 23.5. The smallest absolute Gasteiger partial charge is 0.372 e. The number of hydrogen-bond donors (Lipinski definition) is 1. The molecule has 5 heteroatoms. The van der Waals surface area contributed by atoms with Crippen LogP contribution in [0.4, 0.5) is 0 Å². The summed E-state index contributed by atoms with van der Waals surface area (Å²) in [7, 11) is 0. The first-order valence-corrected chi connectivity index (χ1v) is 8.35. The number of aromatic nitrogens is 1. The summed E-state index contributed by atoms with van der Waals surface area (Å²) in [5.41, 5.74) is 5.64. The third kappa shape index (κ3) is 4.78. The number of hydrogen-bond acceptors (Lipinski definition) is 3. The Morgan fingerprint density at radius 1 is 1.39 bits per heavy atom. The summed E-state index contributed by atoms with van der Waals surface area (Å²) < 4.78 is 7.40. The predicted octanol–water partition coefficient (Wildman–Crippen LogP) is 2.08. The van der Waals surface area contributed by atoms with Crippen LogP contribution >= 0.6 is 0 Å². The molecule has 2 N–H and O–H groups in total. The van der Waals surface area contributed by atoms with Crippen LogP contribution in [0, 0.1) is 17.8 Å². The lowest BCUT2D eigenvalue weighted by Crippen LogP contribution is -2.42. The lowest BCUT2D eigenvalue weighted by Gasteiger charge is -2.36. The Kier molecular flexibility index (Phi) is 5.74. The molecule has 0 spiro atoms. The molecule has 1 amide bonds. The number of amides is 1. The highest BCUT2D eigenvalue weighted by molar-refractivity contribution is 5.92. The van der Waals surface area contributed by atoms with Crippen molar-refractivity contribution in [2.75, 3.05) is 0 Å². The molecule has 0 aliphatic heterocycles. The molecule has 1 aliphatic carbocycles. The summed E-state index contributed by atoms with van der Waals surface area (Å²) in [6.07, 6.45) is 6.55. The third-order valence-electron chi connectivity index (χ3n) is 4.70. The zero-order valence-electron chi connectivity index (χ0n) is 14.2. The molecule has 0 saturated heterocycles. The molecule has 5 nitrogen and oxygen atoms in total. The number of primary amides is 1. The van der Waals surface area contributed by atoms with E-state index in [1.807, 2.05) is 0 Å². The number of rotatable bonds is 5. The first-order chi connectivity index (χ1) is 10.9. The van der Waals surface area contributed by atoms with Crippen LogP contribution in [-0.2, 0) is 16.1 Å². The topological polar surface area (TPSA) is 73.3 Å². The minimum Gasteiger partial charge on any atom is -0.457 e. The van der Waals surface area contributed by atoms with Gasteiger partial charge in [0.25, 0.3) is 5.91 Å². The second-order valence-corrected chi connectivity index (χ2v) is 6.98. The molecule has 126 valence electrons. The highest BCUT2D eigenvalue weighted by Crippen LogP contribution is 2.35. The zero-order valence-corrected chi connectivity index (χ0v) is 14.2. The van der Waals surface area contributed by atoms with Crippen molar-refractivity contribution in [3.05, 3.63) is 30.1 Å². The van der Waals surface area contributed by atoms with Crippen LogP contribution in [0.15, 0.2) is 24.5 Å². The van der Waals surface area contributed by atoms with Gasteiger partial charge in [0.2, 0.25) is 6.54 Å². The van der Waals surface area contributed by atoms with Crippen molar-refractivity contribution in [2.24, 2.45) is 23.5 Å². The van der Waals surface area contributed by atoms with Gasteiger partial charge < -0.3 is 10.5 Å². The van der Waals surface area contributed by atoms with E-state index >= 15 is 0 Å². The van der Waals surface area contributed by atoms with Gasteiger partial charge in [0.1, 0.15) is 11.7 Å². The summed E-state index contributed by atoms with van der Waals surface area (Å²) >= 11 is 0. The molecular weight excluding hydrogens is 292 g/mol. The zero-order chi connectivity index (χ0) is 17.0. The molecule has 3 atom stereocenters. The fraction of sp³-hybridized carbons (Fsp3) is 0.611. The van der Waals surface area contributed by atoms with E-state index in [0.29, 0.717) is 23.3 Å². The Labute approximate surface area is 137 Å². The fourth-order valence-corrected chi connectivity index (χ4v) is 3.37. The van der Waals surface area contributed by atoms with Gasteiger partial charge in [-0.25, -0.2) is 4.79 Å². The maximum Gasteiger partial charge on any atom is 0.372 e. The second-order valence-electron chi connectivity index (χ2n) is 6.98. The van der Waals surface area contributed by atoms with Crippen LogP contribution in [0.3, 0.4) is 0 Å². The molecule has 2 rings (SSSR count). The molecule has 1 aromatic rings. The molecule has 0 bridgehead atoms. The predicted molar refractivity (Wildman–Crippen MR) is 86.4 cm³/mol. The van der Waals surface area contributed by atoms with Crippen molar-refractivity contribution < 1.29 is 18.9 Å². The number of nitrogens with two attached hydrogens (primary N) is 1. The molecular formula is C18H27N2O3+. The number of carbonyl (C=O) groups is 2. The van der Waals surface area contributed by atoms with E-state index in [4.69, 9.17) is 10.5 Å². The number of nitrogens with zero attached hydrogens (tertiary/aromatic N) is 1. The van der Waals surface area contributed by atoms with Gasteiger partial charge >= 0.3 is 5.97 Å². The molecule has 0 radical (unpaired) electrons. The van der Waals surface area contributed by atoms with Gasteiger partial charge in [0.05, 0.1) is 0 Å². The molecule has 1 aromatic heterocycles. The minimum atomic E-state index is -0.506. The van der Waals surface area contributed by atoms with Gasteiger partial charge in [-0.05, 0) is 36.7 Å². The summed E-state index contributed by atoms with van der Waals surface area (Å²) in [5, 5.41) is 0. The highest BCUT2D eigenvalue weighted by Gasteiger charge is 2.33. The monoisotopic (exact) mass is 319 g/mol. The van der Waals surface area contributed by atoms with E-state index < -0.39 is 5.91 Å². The Morgan fingerprint density at radius 3 is 2.78 bits per heavy atom. The molecule has 0 aromatic carbocycles. The lowest BCUT2D eigenvalue weighted by molar-refractivity contribution is -0.686. The van der Waals surface area contributed by atoms with E-state index in [2.05, 4.69) is 20.8 Å². The van der Waals surface area contributed by atoms with Crippen molar-refractivity contribution in [2.45, 2.75) is 52.7 Å². The van der Waals surface area contributed by atoms with Gasteiger partial charge in [-0.1, -0.05) is 27.2 Å². The van der Waals surface area contributed by atoms with Crippen molar-refractivity contribution in [3.63, 3.8) is 0 Å². The van der Waals surface area contributed by atoms with Gasteiger partial charge in [0, 0.05) is 6.07 Å². The largest absolute Gasteiger partial charge is 0.457 e. The van der Waals surface area contributed by atoms with E-state index in [1.165, 1.54) is 6.42 Å². The Balaban J connectivity index is 2.00. The molecule has 1 aliphatic rings. The standard InChI is InChI=1S/C18H26N2O3/c1-12(2)15-7-6-13(3)9-16(15)23-17(21)11-20-8-4-5-14(10-20)18(19)22/h4-5,8,10,12-13,15-16H,6-7,9,11H2,1-3H3,(H-,19,22)/p+1/t13-,15+,16-/m0/s1. The normalized spacial score (nSPS) is 24.4. The van der Waals surface area contributed by atoms with Crippen molar-refractivity contribution in [3.8, 4) is 0 Å². The highest BCUT2D eigenvalue weighted by atomic mass is 16.5. The summed E-state index contributed by atoms with van der Waals surface area (Å²) in [6.45, 7) is 6.68. The SMILES string of the molecule is CC(C)[C@H]1CC[C@H](C)C[C@@H]1OC(=O)C[n+]1cccc(C(N)=O)c1. The van der Waals surface area contributed by atoms with Crippen LogP contribution < -0.4 is 10.3 Å². The first-order valence-electron chi connectivity index (χ1n) is 8.35. The van der Waals surface area contributed by atoms with E-state index in [9.17, 15) is 9.59 Å². The third-order valence-corrected chi connectivity index (χ3v) is 4.70. The van der Waals surface area contributed by atoms with Crippen LogP contribution in [0.1, 0.15) is 50.4 Å². The van der Waals surface area contributed by atoms with Crippen LogP contribution in [0.25, 0.3) is 0 Å². The van der Waals surface area contributed by atoms with Crippen molar-refractivity contribution >= 4 is 11.9 Å². The van der Waals surface area contributed by atoms with Gasteiger partial charge in [-0.2, -0.15) is 4.57 Å². The second kappa shape index (κ2) is 7.57. The minimum absolute atomic E-state index is 0.00817. The van der Waals surface area contributed by atoms with E-state index in [0.717, 1.165) is 12.8 Å². The Morgan fingerprint density at radius 2 is 2.13 bits per heavy atom. The summed E-state index contributed by atoms with van der Waals surface area (Å²) in [5.74, 6) is 0.756. The number of carbonyl (C=O) groups excluding carboxylic acids is 2. The quantitative estimate of drug-likeness (QED) is 0.667. The first kappa shape index (κ1) is 17.4. The molecule has 1 fully saturated rings. The fourth-order valence-electron chi connectivity index (χ4n) is 3.37. The molecule has 1 saturated carbocycles. The Bertz CT molecular complexity index is 571. The Hall–Kier alpha value is -1.91. The average Bonchev–Trinajstić information content (AvgIpc) is 2.47. The van der Waals surface area contributed by atoms with Crippen LogP contribution in [-0.4, -0.2) is 18.0 Å². The van der Waals surface area contributed by atoms with Crippen molar-refractivity contribution in [1.82, 2.24) is 0 Å². The van der Waals surface area contributed by atoms with Gasteiger partial charge in [-0.15, -0.1) is 0 Å². The molecule has 23 heavy (non-hydrogen) atoms. The number of ether oxygens (including phenoxy) is 1.